The van der Waals surface area contributed by atoms with Crippen LogP contribution >= 0.6 is 0 Å². The number of rotatable bonds is 8. The van der Waals surface area contributed by atoms with Crippen molar-refractivity contribution in [2.24, 2.45) is 5.92 Å². The number of amides is 1. The molecule has 2 rings (SSSR count). The summed E-state index contributed by atoms with van der Waals surface area (Å²) in [6, 6.07) is 3.11. The first-order valence-corrected chi connectivity index (χ1v) is 9.22. The zero-order valence-corrected chi connectivity index (χ0v) is 17.0. The van der Waals surface area contributed by atoms with Crippen LogP contribution in [0, 0.1) is 19.8 Å². The fraction of sp³-hybridized carbons (Fsp3) is 0.476. The topological polar surface area (TPSA) is 94.8 Å². The van der Waals surface area contributed by atoms with E-state index in [0.29, 0.717) is 12.0 Å². The maximum absolute atomic E-state index is 12.1. The number of esters is 2. The average molecular weight is 389 g/mol. The summed E-state index contributed by atoms with van der Waals surface area (Å²) in [5, 5.41) is 3.40. The van der Waals surface area contributed by atoms with Crippen LogP contribution < -0.4 is 5.32 Å². The Morgan fingerprint density at radius 1 is 1.18 bits per heavy atom. The van der Waals surface area contributed by atoms with Gasteiger partial charge in [0, 0.05) is 10.9 Å². The number of hydrogen-bond donors (Lipinski definition) is 1. The van der Waals surface area contributed by atoms with Gasteiger partial charge in [-0.1, -0.05) is 26.0 Å². The highest BCUT2D eigenvalue weighted by atomic mass is 16.5. The maximum Gasteiger partial charge on any atom is 0.328 e. The smallest absolute Gasteiger partial charge is 0.328 e. The summed E-state index contributed by atoms with van der Waals surface area (Å²) in [6.07, 6.45) is 1.97. The minimum Gasteiger partial charge on any atom is -0.467 e. The van der Waals surface area contributed by atoms with Crippen LogP contribution in [-0.4, -0.2) is 37.6 Å². The zero-order chi connectivity index (χ0) is 20.8. The molecule has 28 heavy (non-hydrogen) atoms. The summed E-state index contributed by atoms with van der Waals surface area (Å²) in [7, 11) is 1.26. The lowest BCUT2D eigenvalue weighted by atomic mass is 10.0. The van der Waals surface area contributed by atoms with Gasteiger partial charge in [-0.3, -0.25) is 9.59 Å². The Bertz CT molecular complexity index is 867. The molecule has 2 aromatic rings. The third-order valence-electron chi connectivity index (χ3n) is 4.57. The fourth-order valence-corrected chi connectivity index (χ4v) is 2.94. The van der Waals surface area contributed by atoms with Gasteiger partial charge in [-0.15, -0.1) is 0 Å². The van der Waals surface area contributed by atoms with Crippen LogP contribution in [0.1, 0.15) is 37.0 Å². The maximum atomic E-state index is 12.1. The predicted molar refractivity (Wildman–Crippen MR) is 104 cm³/mol. The quantitative estimate of drug-likeness (QED) is 0.698. The highest BCUT2D eigenvalue weighted by Crippen LogP contribution is 2.26. The van der Waals surface area contributed by atoms with E-state index in [1.165, 1.54) is 13.4 Å². The lowest BCUT2D eigenvalue weighted by molar-refractivity contribution is -0.150. The molecule has 0 saturated heterocycles. The summed E-state index contributed by atoms with van der Waals surface area (Å²) < 4.78 is 15.3. The van der Waals surface area contributed by atoms with Gasteiger partial charge in [0.1, 0.15) is 11.6 Å². The van der Waals surface area contributed by atoms with Crippen molar-refractivity contribution in [3.63, 3.8) is 0 Å². The van der Waals surface area contributed by atoms with Gasteiger partial charge in [-0.05, 0) is 37.3 Å². The number of methoxy groups -OCH3 is 1. The number of fused-ring (bicyclic) bond motifs is 1. The molecule has 0 saturated carbocycles. The number of hydrogen-bond acceptors (Lipinski definition) is 6. The summed E-state index contributed by atoms with van der Waals surface area (Å²) >= 11 is 0. The first kappa shape index (κ1) is 21.5. The summed E-state index contributed by atoms with van der Waals surface area (Å²) in [4.78, 5) is 35.9. The van der Waals surface area contributed by atoms with Crippen molar-refractivity contribution in [3.8, 4) is 0 Å². The molecule has 1 atom stereocenters. The van der Waals surface area contributed by atoms with Crippen LogP contribution in [0.3, 0.4) is 0 Å². The van der Waals surface area contributed by atoms with Gasteiger partial charge in [0.2, 0.25) is 0 Å². The fourth-order valence-electron chi connectivity index (χ4n) is 2.94. The molecule has 1 amide bonds. The third-order valence-corrected chi connectivity index (χ3v) is 4.57. The first-order valence-electron chi connectivity index (χ1n) is 9.22. The second-order valence-corrected chi connectivity index (χ2v) is 7.26. The minimum absolute atomic E-state index is 0.00476. The molecule has 0 unspecified atom stereocenters. The Labute approximate surface area is 164 Å². The van der Waals surface area contributed by atoms with E-state index < -0.39 is 30.5 Å². The summed E-state index contributed by atoms with van der Waals surface area (Å²) in [6.45, 7) is 7.35. The Morgan fingerprint density at radius 2 is 1.89 bits per heavy atom. The van der Waals surface area contributed by atoms with Crippen molar-refractivity contribution in [2.75, 3.05) is 13.7 Å². The predicted octanol–water partition coefficient (Wildman–Crippen LogP) is 2.84. The van der Waals surface area contributed by atoms with Crippen LogP contribution in [0.15, 0.2) is 22.8 Å². The molecular formula is C21H27NO6. The molecule has 152 valence electrons. The molecule has 0 aliphatic heterocycles. The van der Waals surface area contributed by atoms with E-state index >= 15 is 0 Å². The molecular weight excluding hydrogens is 362 g/mol. The van der Waals surface area contributed by atoms with Crippen molar-refractivity contribution in [2.45, 2.75) is 46.6 Å². The van der Waals surface area contributed by atoms with Crippen LogP contribution in [0.2, 0.25) is 0 Å². The Morgan fingerprint density at radius 3 is 2.54 bits per heavy atom. The van der Waals surface area contributed by atoms with Crippen molar-refractivity contribution in [3.05, 3.63) is 35.1 Å². The van der Waals surface area contributed by atoms with E-state index in [4.69, 9.17) is 13.9 Å². The summed E-state index contributed by atoms with van der Waals surface area (Å²) in [5.74, 6) is -1.43. The van der Waals surface area contributed by atoms with Crippen LogP contribution in [-0.2, 0) is 30.3 Å². The second-order valence-electron chi connectivity index (χ2n) is 7.26. The molecule has 0 aliphatic carbocycles. The molecule has 1 N–H and O–H groups in total. The van der Waals surface area contributed by atoms with Crippen molar-refractivity contribution >= 4 is 28.8 Å². The van der Waals surface area contributed by atoms with E-state index in [-0.39, 0.29) is 12.3 Å². The van der Waals surface area contributed by atoms with Gasteiger partial charge in [0.05, 0.1) is 19.8 Å². The number of aryl methyl sites for hydroxylation is 2. The number of furan rings is 1. The van der Waals surface area contributed by atoms with Gasteiger partial charge in [0.25, 0.3) is 5.91 Å². The van der Waals surface area contributed by atoms with E-state index in [1.54, 1.807) is 0 Å². The third kappa shape index (κ3) is 5.34. The highest BCUT2D eigenvalue weighted by Gasteiger charge is 2.23. The molecule has 0 radical (unpaired) electrons. The largest absolute Gasteiger partial charge is 0.467 e. The number of carbonyl (C=O) groups is 3. The average Bonchev–Trinajstić information content (AvgIpc) is 3.04. The van der Waals surface area contributed by atoms with E-state index in [1.807, 2.05) is 39.8 Å². The molecule has 0 spiro atoms. The Kier molecular flexibility index (Phi) is 7.20. The number of nitrogens with one attached hydrogen (secondary N) is 1. The molecule has 0 aliphatic rings. The van der Waals surface area contributed by atoms with Gasteiger partial charge in [-0.25, -0.2) is 4.79 Å². The van der Waals surface area contributed by atoms with Crippen LogP contribution in [0.25, 0.3) is 11.0 Å². The SMILES string of the molecule is COC(=O)[C@H](CC(C)C)NC(=O)COC(=O)Cc1coc2c(C)c(C)ccc12. The lowest BCUT2D eigenvalue weighted by Gasteiger charge is -2.18. The van der Waals surface area contributed by atoms with Gasteiger partial charge in [0.15, 0.2) is 6.61 Å². The molecule has 7 nitrogen and oxygen atoms in total. The number of ether oxygens (including phenoxy) is 2. The molecule has 7 heteroatoms. The molecule has 1 aromatic heterocycles. The molecule has 0 bridgehead atoms. The monoisotopic (exact) mass is 389 g/mol. The minimum atomic E-state index is -0.764. The second kappa shape index (κ2) is 9.39. The standard InChI is InChI=1S/C21H27NO6/c1-12(2)8-17(21(25)26-5)22-18(23)11-27-19(24)9-15-10-28-20-14(4)13(3)6-7-16(15)20/h6-7,10,12,17H,8-9,11H2,1-5H3,(H,22,23)/t17-/m0/s1. The van der Waals surface area contributed by atoms with E-state index in [0.717, 1.165) is 22.1 Å². The van der Waals surface area contributed by atoms with Gasteiger partial charge in [-0.2, -0.15) is 0 Å². The Balaban J connectivity index is 1.92. The van der Waals surface area contributed by atoms with E-state index in [2.05, 4.69) is 5.32 Å². The molecule has 0 fully saturated rings. The first-order chi connectivity index (χ1) is 13.2. The van der Waals surface area contributed by atoms with Crippen molar-refractivity contribution in [1.82, 2.24) is 5.32 Å². The van der Waals surface area contributed by atoms with Crippen LogP contribution in [0.5, 0.6) is 0 Å². The summed E-state index contributed by atoms with van der Waals surface area (Å²) in [5.41, 5.74) is 3.58. The zero-order valence-electron chi connectivity index (χ0n) is 17.0. The molecule has 1 aromatic carbocycles. The van der Waals surface area contributed by atoms with Crippen molar-refractivity contribution < 1.29 is 28.3 Å². The lowest BCUT2D eigenvalue weighted by Crippen LogP contribution is -2.44. The van der Waals surface area contributed by atoms with Crippen molar-refractivity contribution in [1.29, 1.82) is 0 Å². The normalized spacial score (nSPS) is 12.1. The Hall–Kier alpha value is -2.83. The van der Waals surface area contributed by atoms with Gasteiger partial charge < -0.3 is 19.2 Å². The van der Waals surface area contributed by atoms with Crippen LogP contribution in [0.4, 0.5) is 0 Å². The van der Waals surface area contributed by atoms with E-state index in [9.17, 15) is 14.4 Å². The molecule has 1 heterocycles. The van der Waals surface area contributed by atoms with Gasteiger partial charge >= 0.3 is 11.9 Å². The number of benzene rings is 1. The number of carbonyl (C=O) groups excluding carboxylic acids is 3. The highest BCUT2D eigenvalue weighted by molar-refractivity contribution is 5.89.